The van der Waals surface area contributed by atoms with Gasteiger partial charge in [0, 0.05) is 126 Å². The fourth-order valence-corrected chi connectivity index (χ4v) is 12.4. The zero-order valence-electron chi connectivity index (χ0n) is 53.4. The predicted octanol–water partition coefficient (Wildman–Crippen LogP) is 13.3. The van der Waals surface area contributed by atoms with Gasteiger partial charge in [-0.2, -0.15) is 19.2 Å². The van der Waals surface area contributed by atoms with Crippen LogP contribution in [-0.2, 0) is 47.5 Å². The average Bonchev–Trinajstić information content (AvgIpc) is 4.22. The molecular formula is C60H106N8O10Si4. The summed E-state index contributed by atoms with van der Waals surface area (Å²) in [4.78, 5) is 47.9. The quantitative estimate of drug-likeness (QED) is 0.0120. The Labute approximate surface area is 496 Å². The zero-order valence-corrected chi connectivity index (χ0v) is 57.4. The number of carbonyl (C=O) groups is 3. The summed E-state index contributed by atoms with van der Waals surface area (Å²) in [5, 5.41) is 9.16. The first-order valence-electron chi connectivity index (χ1n) is 30.3. The Morgan fingerprint density at radius 3 is 1.27 bits per heavy atom. The van der Waals surface area contributed by atoms with Crippen LogP contribution in [0.3, 0.4) is 0 Å². The standard InChI is InChI=1S/C28H50N4O4Si2.C28H48N4O4Si2.C4H8O2/c2*1-8-36-28(33)19-23-9-11-24(12-10-23)25-20-27(32-26(30-25)13-14-29-32)31(21-34-15-17-37(2,3)4)22-35-16-18-38(5,6)7;1-3-6-4(2)5/h13-14,20,23-24H,8-12,15-19,21-22H2,1-7H3;13-14,19-20,24H,8-12,15-18,21-22H2,1-7H3;3H2,1-2H3. The molecule has 2 aliphatic carbocycles. The second-order valence-corrected chi connectivity index (χ2v) is 49.2. The predicted molar refractivity (Wildman–Crippen MR) is 341 cm³/mol. The summed E-state index contributed by atoms with van der Waals surface area (Å²) in [6, 6.07) is 12.8. The van der Waals surface area contributed by atoms with Gasteiger partial charge in [-0.05, 0) is 102 Å². The number of nitrogens with zero attached hydrogens (tertiary/aromatic N) is 8. The molecule has 0 radical (unpaired) electrons. The van der Waals surface area contributed by atoms with E-state index in [4.69, 9.17) is 38.4 Å². The van der Waals surface area contributed by atoms with Gasteiger partial charge in [0.2, 0.25) is 0 Å². The minimum absolute atomic E-state index is 0.0732. The fraction of sp³-hybridized carbons (Fsp3) is 0.717. The van der Waals surface area contributed by atoms with Crippen molar-refractivity contribution in [3.8, 4) is 0 Å². The van der Waals surface area contributed by atoms with E-state index in [1.807, 2.05) is 41.2 Å². The molecule has 0 aliphatic heterocycles. The summed E-state index contributed by atoms with van der Waals surface area (Å²) in [6.45, 7) is 41.5. The van der Waals surface area contributed by atoms with E-state index in [9.17, 15) is 14.4 Å². The van der Waals surface area contributed by atoms with E-state index < -0.39 is 32.3 Å². The van der Waals surface area contributed by atoms with Gasteiger partial charge in [0.05, 0.1) is 32.2 Å². The highest BCUT2D eigenvalue weighted by Crippen LogP contribution is 2.39. The fourth-order valence-electron chi connectivity index (χ4n) is 9.35. The van der Waals surface area contributed by atoms with Crippen LogP contribution < -0.4 is 9.80 Å². The van der Waals surface area contributed by atoms with Crippen LogP contribution in [0.25, 0.3) is 11.3 Å². The maximum atomic E-state index is 12.0. The van der Waals surface area contributed by atoms with Gasteiger partial charge >= 0.3 is 17.9 Å². The van der Waals surface area contributed by atoms with Crippen LogP contribution in [0.15, 0.2) is 48.3 Å². The monoisotopic (exact) mass is 1210 g/mol. The lowest BCUT2D eigenvalue weighted by molar-refractivity contribution is -0.144. The second kappa shape index (κ2) is 34.6. The minimum atomic E-state index is -1.18. The van der Waals surface area contributed by atoms with E-state index >= 15 is 0 Å². The zero-order chi connectivity index (χ0) is 60.5. The maximum absolute atomic E-state index is 12.0. The van der Waals surface area contributed by atoms with E-state index in [2.05, 4.69) is 115 Å². The number of ether oxygens (including phenoxy) is 7. The van der Waals surface area contributed by atoms with Crippen molar-refractivity contribution in [2.45, 2.75) is 200 Å². The van der Waals surface area contributed by atoms with Crippen LogP contribution in [0.1, 0.15) is 109 Å². The average molecular weight is 1210 g/mol. The van der Waals surface area contributed by atoms with Crippen molar-refractivity contribution >= 4 is 73.1 Å². The second-order valence-electron chi connectivity index (χ2n) is 26.7. The molecule has 4 heterocycles. The minimum Gasteiger partial charge on any atom is -0.466 e. The molecular weight excluding hydrogens is 1110 g/mol. The van der Waals surface area contributed by atoms with Crippen molar-refractivity contribution in [2.24, 2.45) is 5.92 Å². The molecule has 0 bridgehead atoms. The number of allylic oxidation sites excluding steroid dienone is 1. The number of fused-ring (bicyclic) bond motifs is 2. The van der Waals surface area contributed by atoms with Crippen molar-refractivity contribution in [1.29, 1.82) is 0 Å². The number of hydrogen-bond acceptors (Lipinski definition) is 16. The SMILES string of the molecule is CCOC(=O)C=C1CCC(c2cc(N(COCC[Si](C)(C)C)COCC[Si](C)(C)C)n3nccc3n2)CC1.CCOC(=O)CC1CCC(c2cc(N(COCC[Si](C)(C)C)COCC[Si](C)(C)C)n3nccc3n2)CC1.CCOC(C)=O. The van der Waals surface area contributed by atoms with Crippen molar-refractivity contribution in [3.63, 3.8) is 0 Å². The van der Waals surface area contributed by atoms with Crippen molar-refractivity contribution < 1.29 is 47.5 Å². The Morgan fingerprint density at radius 2 is 0.927 bits per heavy atom. The summed E-state index contributed by atoms with van der Waals surface area (Å²) < 4.78 is 43.2. The van der Waals surface area contributed by atoms with E-state index in [1.54, 1.807) is 19.2 Å². The van der Waals surface area contributed by atoms with E-state index in [0.29, 0.717) is 70.9 Å². The smallest absolute Gasteiger partial charge is 0.330 e. The summed E-state index contributed by atoms with van der Waals surface area (Å²) in [7, 11) is -4.70. The topological polar surface area (TPSA) is 183 Å². The summed E-state index contributed by atoms with van der Waals surface area (Å²) >= 11 is 0. The van der Waals surface area contributed by atoms with Gasteiger partial charge in [0.25, 0.3) is 0 Å². The number of anilines is 2. The molecule has 0 unspecified atom stereocenters. The third-order valence-corrected chi connectivity index (χ3v) is 21.2. The first kappa shape index (κ1) is 70.2. The molecule has 2 aliphatic rings. The van der Waals surface area contributed by atoms with Gasteiger partial charge in [-0.3, -0.25) is 9.59 Å². The maximum Gasteiger partial charge on any atom is 0.330 e. The normalized spacial score (nSPS) is 16.9. The molecule has 4 aromatic heterocycles. The first-order valence-corrected chi connectivity index (χ1v) is 45.2. The van der Waals surface area contributed by atoms with Gasteiger partial charge in [0.1, 0.15) is 38.6 Å². The number of carbonyl (C=O) groups excluding carboxylic acids is 3. The molecule has 2 saturated carbocycles. The van der Waals surface area contributed by atoms with E-state index in [1.165, 1.54) is 12.5 Å². The van der Waals surface area contributed by atoms with Crippen molar-refractivity contribution in [2.75, 3.05) is 83.0 Å². The molecule has 6 rings (SSSR count). The van der Waals surface area contributed by atoms with Crippen LogP contribution >= 0.6 is 0 Å². The molecule has 82 heavy (non-hydrogen) atoms. The van der Waals surface area contributed by atoms with Crippen LogP contribution in [0.2, 0.25) is 103 Å². The molecule has 0 aromatic carbocycles. The molecule has 0 saturated heterocycles. The molecule has 18 nitrogen and oxygen atoms in total. The summed E-state index contributed by atoms with van der Waals surface area (Å²) in [6.07, 6.45) is 13.6. The molecule has 0 atom stereocenters. The lowest BCUT2D eigenvalue weighted by atomic mass is 9.79. The first-order chi connectivity index (χ1) is 38.7. The van der Waals surface area contributed by atoms with Gasteiger partial charge in [0.15, 0.2) is 11.3 Å². The van der Waals surface area contributed by atoms with E-state index in [0.717, 1.165) is 136 Å². The van der Waals surface area contributed by atoms with Crippen LogP contribution in [0.4, 0.5) is 11.6 Å². The van der Waals surface area contributed by atoms with E-state index in [-0.39, 0.29) is 17.9 Å². The summed E-state index contributed by atoms with van der Waals surface area (Å²) in [5.74, 6) is 2.49. The number of aromatic nitrogens is 6. The lowest BCUT2D eigenvalue weighted by Crippen LogP contribution is -2.33. The number of hydrogen-bond donors (Lipinski definition) is 0. The molecule has 0 spiro atoms. The Balaban J connectivity index is 0.000000320. The van der Waals surface area contributed by atoms with Crippen molar-refractivity contribution in [1.82, 2.24) is 29.2 Å². The molecule has 2 fully saturated rings. The number of rotatable bonds is 30. The van der Waals surface area contributed by atoms with Crippen LogP contribution in [0, 0.1) is 5.92 Å². The van der Waals surface area contributed by atoms with Gasteiger partial charge in [-0.1, -0.05) is 84.1 Å². The third-order valence-electron chi connectivity index (χ3n) is 14.4. The molecule has 4 aromatic rings. The number of esters is 3. The highest BCUT2D eigenvalue weighted by atomic mass is 28.3. The van der Waals surface area contributed by atoms with Gasteiger partial charge in [-0.25, -0.2) is 14.8 Å². The van der Waals surface area contributed by atoms with Crippen LogP contribution in [-0.4, -0.2) is 153 Å². The highest BCUT2D eigenvalue weighted by Gasteiger charge is 2.28. The molecule has 0 amide bonds. The Morgan fingerprint density at radius 1 is 0.549 bits per heavy atom. The largest absolute Gasteiger partial charge is 0.466 e. The Kier molecular flexibility index (Phi) is 29.6. The van der Waals surface area contributed by atoms with Gasteiger partial charge < -0.3 is 43.0 Å². The highest BCUT2D eigenvalue weighted by molar-refractivity contribution is 6.77. The molecule has 0 N–H and O–H groups in total. The Bertz CT molecular complexity index is 2510. The summed E-state index contributed by atoms with van der Waals surface area (Å²) in [5.41, 5.74) is 5.01. The van der Waals surface area contributed by atoms with Gasteiger partial charge in [-0.15, -0.1) is 0 Å². The van der Waals surface area contributed by atoms with Crippen molar-refractivity contribution in [3.05, 3.63) is 59.7 Å². The molecule has 462 valence electrons. The third kappa shape index (κ3) is 27.2. The van der Waals surface area contributed by atoms with Crippen LogP contribution in [0.5, 0.6) is 0 Å². The Hall–Kier alpha value is -4.30. The lowest BCUT2D eigenvalue weighted by Gasteiger charge is -2.30. The molecule has 22 heteroatoms.